The minimum Gasteiger partial charge on any atom is -0.506 e. The molecule has 1 fully saturated rings. The number of benzene rings is 2. The van der Waals surface area contributed by atoms with E-state index in [1.165, 1.54) is 0 Å². The molecule has 0 aliphatic carbocycles. The maximum atomic E-state index is 12.3. The fraction of sp³-hybridized carbons (Fsp3) is 0.136. The maximum Gasteiger partial charge on any atom is 0.307 e. The third-order valence-corrected chi connectivity index (χ3v) is 5.28. The van der Waals surface area contributed by atoms with Crippen molar-refractivity contribution in [3.63, 3.8) is 0 Å². The van der Waals surface area contributed by atoms with Crippen LogP contribution in [0.2, 0.25) is 0 Å². The summed E-state index contributed by atoms with van der Waals surface area (Å²) in [5, 5.41) is 21.8. The first-order chi connectivity index (χ1) is 13.6. The summed E-state index contributed by atoms with van der Waals surface area (Å²) in [5.74, 6) is -0.349. The number of rotatable bonds is 2. The lowest BCUT2D eigenvalue weighted by molar-refractivity contribution is -0.141. The highest BCUT2D eigenvalue weighted by Gasteiger charge is 2.39. The Labute approximate surface area is 160 Å². The van der Waals surface area contributed by atoms with Gasteiger partial charge in [-0.15, -0.1) is 0 Å². The molecule has 2 aromatic carbocycles. The van der Waals surface area contributed by atoms with Crippen LogP contribution in [0.25, 0.3) is 21.8 Å². The second-order valence-corrected chi connectivity index (χ2v) is 6.87. The molecule has 0 spiro atoms. The molecule has 0 saturated carbocycles. The monoisotopic (exact) mass is 372 g/mol. The average molecular weight is 372 g/mol. The molecule has 2 N–H and O–H groups in total. The normalized spacial score (nSPS) is 19.2. The lowest BCUT2D eigenvalue weighted by Crippen LogP contribution is -2.08. The topological polar surface area (TPSA) is 92.5 Å². The van der Waals surface area contributed by atoms with Gasteiger partial charge in [0, 0.05) is 34.6 Å². The van der Waals surface area contributed by atoms with Gasteiger partial charge in [-0.3, -0.25) is 14.8 Å². The number of hydrogen-bond acceptors (Lipinski definition) is 6. The fourth-order valence-electron chi connectivity index (χ4n) is 4.05. The van der Waals surface area contributed by atoms with E-state index in [0.29, 0.717) is 11.0 Å². The number of aromatic hydroxyl groups is 2. The largest absolute Gasteiger partial charge is 0.506 e. The third-order valence-electron chi connectivity index (χ3n) is 5.28. The zero-order valence-electron chi connectivity index (χ0n) is 14.7. The number of esters is 1. The Balaban J connectivity index is 1.71. The molecule has 6 nitrogen and oxygen atoms in total. The number of phenols is 2. The van der Waals surface area contributed by atoms with Gasteiger partial charge < -0.3 is 14.9 Å². The summed E-state index contributed by atoms with van der Waals surface area (Å²) < 4.78 is 5.71. The van der Waals surface area contributed by atoms with Crippen LogP contribution in [-0.4, -0.2) is 26.2 Å². The molecule has 4 aromatic rings. The number of aromatic nitrogens is 2. The third kappa shape index (κ3) is 2.45. The van der Waals surface area contributed by atoms with Crippen LogP contribution in [0.4, 0.5) is 0 Å². The number of nitrogens with zero attached hydrogens (tertiary/aromatic N) is 2. The second kappa shape index (κ2) is 6.20. The van der Waals surface area contributed by atoms with Gasteiger partial charge in [-0.05, 0) is 29.8 Å². The Bertz CT molecular complexity index is 1140. The van der Waals surface area contributed by atoms with Crippen molar-refractivity contribution in [2.75, 3.05) is 0 Å². The summed E-state index contributed by atoms with van der Waals surface area (Å²) in [6, 6.07) is 14.1. The van der Waals surface area contributed by atoms with Gasteiger partial charge in [0.2, 0.25) is 0 Å². The van der Waals surface area contributed by atoms with Gasteiger partial charge >= 0.3 is 5.97 Å². The number of phenolic OH excluding ortho intramolecular Hbond substituents is 2. The molecular weight excluding hydrogens is 356 g/mol. The zero-order chi connectivity index (χ0) is 19.3. The van der Waals surface area contributed by atoms with Crippen LogP contribution in [0, 0.1) is 0 Å². The molecule has 2 atom stereocenters. The molecule has 28 heavy (non-hydrogen) atoms. The van der Waals surface area contributed by atoms with Crippen molar-refractivity contribution in [2.45, 2.75) is 18.4 Å². The van der Waals surface area contributed by atoms with E-state index in [0.717, 1.165) is 21.9 Å². The molecule has 0 radical (unpaired) electrons. The first-order valence-corrected chi connectivity index (χ1v) is 8.96. The summed E-state index contributed by atoms with van der Waals surface area (Å²) in [6.07, 6.45) is 2.94. The van der Waals surface area contributed by atoms with E-state index in [2.05, 4.69) is 9.97 Å². The number of cyclic esters (lactones) is 1. The molecule has 5 rings (SSSR count). The van der Waals surface area contributed by atoms with Gasteiger partial charge in [-0.2, -0.15) is 0 Å². The Morgan fingerprint density at radius 3 is 2.04 bits per heavy atom. The number of carbonyl (C=O) groups is 1. The van der Waals surface area contributed by atoms with Gasteiger partial charge in [0.15, 0.2) is 0 Å². The fourth-order valence-corrected chi connectivity index (χ4v) is 4.05. The lowest BCUT2D eigenvalue weighted by atomic mass is 9.86. The summed E-state index contributed by atoms with van der Waals surface area (Å²) in [6.45, 7) is 0. The van der Waals surface area contributed by atoms with Gasteiger partial charge in [0.05, 0.1) is 6.42 Å². The van der Waals surface area contributed by atoms with Gasteiger partial charge in [0.25, 0.3) is 0 Å². The van der Waals surface area contributed by atoms with E-state index < -0.39 is 6.10 Å². The number of ether oxygens (including phenoxy) is 1. The Hall–Kier alpha value is -3.67. The molecule has 0 bridgehead atoms. The van der Waals surface area contributed by atoms with E-state index >= 15 is 0 Å². The van der Waals surface area contributed by atoms with Crippen LogP contribution in [0.1, 0.15) is 29.6 Å². The molecule has 6 heteroatoms. The average Bonchev–Trinajstić information content (AvgIpc) is 3.09. The molecular formula is C22H16N2O4. The lowest BCUT2D eigenvalue weighted by Gasteiger charge is -2.21. The molecule has 138 valence electrons. The van der Waals surface area contributed by atoms with Crippen LogP contribution >= 0.6 is 0 Å². The van der Waals surface area contributed by atoms with Crippen LogP contribution in [-0.2, 0) is 9.53 Å². The highest BCUT2D eigenvalue weighted by Crippen LogP contribution is 2.46. The van der Waals surface area contributed by atoms with E-state index in [9.17, 15) is 15.0 Å². The van der Waals surface area contributed by atoms with Crippen molar-refractivity contribution in [2.24, 2.45) is 0 Å². The molecule has 1 aliphatic rings. The SMILES string of the molecule is O=C1CC(c2ccnc3c(O)cccc23)C(c2ccnc3c(O)cccc23)O1. The van der Waals surface area contributed by atoms with Crippen LogP contribution < -0.4 is 0 Å². The Kier molecular flexibility index (Phi) is 3.65. The maximum absolute atomic E-state index is 12.3. The molecule has 2 aromatic heterocycles. The minimum absolute atomic E-state index is 0.0829. The highest BCUT2D eigenvalue weighted by molar-refractivity contribution is 5.90. The quantitative estimate of drug-likeness (QED) is 0.517. The predicted molar refractivity (Wildman–Crippen MR) is 103 cm³/mol. The molecule has 1 aliphatic heterocycles. The highest BCUT2D eigenvalue weighted by atomic mass is 16.5. The van der Waals surface area contributed by atoms with Crippen LogP contribution in [0.15, 0.2) is 60.9 Å². The first-order valence-electron chi connectivity index (χ1n) is 8.96. The van der Waals surface area contributed by atoms with E-state index in [4.69, 9.17) is 4.74 Å². The summed E-state index contributed by atoms with van der Waals surface area (Å²) in [5.41, 5.74) is 2.65. The summed E-state index contributed by atoms with van der Waals surface area (Å²) in [4.78, 5) is 20.8. The van der Waals surface area contributed by atoms with Crippen LogP contribution in [0.5, 0.6) is 11.5 Å². The first kappa shape index (κ1) is 16.5. The van der Waals surface area contributed by atoms with Gasteiger partial charge in [-0.1, -0.05) is 24.3 Å². The van der Waals surface area contributed by atoms with Crippen molar-refractivity contribution in [1.29, 1.82) is 0 Å². The van der Waals surface area contributed by atoms with Gasteiger partial charge in [-0.25, -0.2) is 0 Å². The van der Waals surface area contributed by atoms with E-state index in [1.54, 1.807) is 36.7 Å². The molecule has 3 heterocycles. The minimum atomic E-state index is -0.521. The Morgan fingerprint density at radius 1 is 0.821 bits per heavy atom. The predicted octanol–water partition coefficient (Wildman–Crippen LogP) is 3.97. The molecule has 2 unspecified atom stereocenters. The summed E-state index contributed by atoms with van der Waals surface area (Å²) in [7, 11) is 0. The van der Waals surface area contributed by atoms with E-state index in [1.807, 2.05) is 24.3 Å². The van der Waals surface area contributed by atoms with Crippen LogP contribution in [0.3, 0.4) is 0 Å². The van der Waals surface area contributed by atoms with Crippen molar-refractivity contribution in [3.05, 3.63) is 72.1 Å². The smallest absolute Gasteiger partial charge is 0.307 e. The van der Waals surface area contributed by atoms with Crippen molar-refractivity contribution >= 4 is 27.8 Å². The number of hydrogen-bond donors (Lipinski definition) is 2. The van der Waals surface area contributed by atoms with Gasteiger partial charge in [0.1, 0.15) is 28.6 Å². The molecule has 0 amide bonds. The zero-order valence-corrected chi connectivity index (χ0v) is 14.7. The number of carbonyl (C=O) groups excluding carboxylic acids is 1. The van der Waals surface area contributed by atoms with Crippen molar-refractivity contribution in [3.8, 4) is 11.5 Å². The summed E-state index contributed by atoms with van der Waals surface area (Å²) >= 11 is 0. The number of fused-ring (bicyclic) bond motifs is 2. The molecule has 1 saturated heterocycles. The number of pyridine rings is 2. The second-order valence-electron chi connectivity index (χ2n) is 6.87. The Morgan fingerprint density at radius 2 is 1.39 bits per heavy atom. The van der Waals surface area contributed by atoms with Crippen molar-refractivity contribution in [1.82, 2.24) is 9.97 Å². The van der Waals surface area contributed by atoms with E-state index in [-0.39, 0.29) is 29.8 Å². The van der Waals surface area contributed by atoms with Crippen molar-refractivity contribution < 1.29 is 19.7 Å². The number of para-hydroxylation sites is 2. The standard InChI is InChI=1S/C22H16N2O4/c25-17-5-1-3-13-12(7-9-23-20(13)17)16-11-19(27)28-22(16)15-8-10-24-21-14(15)4-2-6-18(21)26/h1-10,16,22,25-26H,11H2.